The maximum atomic E-state index is 11.1. The van der Waals surface area contributed by atoms with Gasteiger partial charge in [-0.15, -0.1) is 0 Å². The molecule has 0 radical (unpaired) electrons. The van der Waals surface area contributed by atoms with Gasteiger partial charge in [0.05, 0.1) is 5.56 Å². The van der Waals surface area contributed by atoms with Gasteiger partial charge >= 0.3 is 5.97 Å². The molecule has 2 aliphatic rings. The molecule has 1 N–H and O–H groups in total. The number of carboxylic acid groups (broad SMARTS) is 1. The molecule has 2 aliphatic carbocycles. The fourth-order valence-electron chi connectivity index (χ4n) is 5.09. The Kier molecular flexibility index (Phi) is 4.26. The third kappa shape index (κ3) is 2.80. The van der Waals surface area contributed by atoms with Crippen molar-refractivity contribution in [3.05, 3.63) is 58.7 Å². The van der Waals surface area contributed by atoms with Crippen molar-refractivity contribution in [3.8, 4) is 0 Å². The Hall–Kier alpha value is -2.29. The summed E-state index contributed by atoms with van der Waals surface area (Å²) in [5.74, 6) is -0.878. The Morgan fingerprint density at radius 2 is 1.62 bits per heavy atom. The highest BCUT2D eigenvalue weighted by molar-refractivity contribution is 5.88. The van der Waals surface area contributed by atoms with E-state index in [1.807, 2.05) is 12.1 Å². The lowest BCUT2D eigenvalue weighted by Gasteiger charge is -2.42. The van der Waals surface area contributed by atoms with Crippen LogP contribution in [-0.2, 0) is 18.3 Å². The average Bonchev–Trinajstić information content (AvgIpc) is 2.62. The molecule has 136 valence electrons. The van der Waals surface area contributed by atoms with E-state index in [1.54, 1.807) is 17.7 Å². The fourth-order valence-corrected chi connectivity index (χ4v) is 5.09. The van der Waals surface area contributed by atoms with Crippen molar-refractivity contribution in [2.75, 3.05) is 11.4 Å². The number of carbonyl (C=O) groups is 1. The van der Waals surface area contributed by atoms with Gasteiger partial charge in [0.25, 0.3) is 0 Å². The maximum absolute atomic E-state index is 11.1. The van der Waals surface area contributed by atoms with Crippen molar-refractivity contribution in [2.45, 2.75) is 57.8 Å². The fraction of sp³-hybridized carbons (Fsp3) is 0.435. The first-order valence-electron chi connectivity index (χ1n) is 9.79. The van der Waals surface area contributed by atoms with E-state index in [0.29, 0.717) is 11.0 Å². The van der Waals surface area contributed by atoms with Gasteiger partial charge in [-0.05, 0) is 104 Å². The van der Waals surface area contributed by atoms with Crippen LogP contribution in [0.15, 0.2) is 36.4 Å². The van der Waals surface area contributed by atoms with Gasteiger partial charge in [-0.3, -0.25) is 0 Å². The molecule has 0 saturated carbocycles. The molecule has 3 heteroatoms. The van der Waals surface area contributed by atoms with E-state index in [9.17, 15) is 4.79 Å². The zero-order valence-corrected chi connectivity index (χ0v) is 15.7. The lowest BCUT2D eigenvalue weighted by molar-refractivity contribution is 0.0697. The van der Waals surface area contributed by atoms with Crippen LogP contribution in [0.4, 0.5) is 11.4 Å². The van der Waals surface area contributed by atoms with E-state index < -0.39 is 5.97 Å². The number of anilines is 2. The lowest BCUT2D eigenvalue weighted by atomic mass is 9.63. The highest BCUT2D eigenvalue weighted by Gasteiger charge is 2.36. The first kappa shape index (κ1) is 17.1. The van der Waals surface area contributed by atoms with Gasteiger partial charge < -0.3 is 10.0 Å². The number of carboxylic acids is 1. The summed E-state index contributed by atoms with van der Waals surface area (Å²) in [5, 5.41) is 9.13. The summed E-state index contributed by atoms with van der Waals surface area (Å²) in [5.41, 5.74) is 7.71. The van der Waals surface area contributed by atoms with Crippen molar-refractivity contribution in [2.24, 2.45) is 0 Å². The molecule has 0 bridgehead atoms. The Balaban J connectivity index is 1.76. The minimum Gasteiger partial charge on any atom is -0.478 e. The summed E-state index contributed by atoms with van der Waals surface area (Å²) in [7, 11) is 0. The Morgan fingerprint density at radius 1 is 1.04 bits per heavy atom. The summed E-state index contributed by atoms with van der Waals surface area (Å²) < 4.78 is 0. The third-order valence-electron chi connectivity index (χ3n) is 6.29. The number of hydrogen-bond donors (Lipinski definition) is 1. The van der Waals surface area contributed by atoms with Crippen LogP contribution in [0.3, 0.4) is 0 Å². The molecular formula is C23H27NO2. The molecule has 0 unspecified atom stereocenters. The van der Waals surface area contributed by atoms with E-state index in [1.165, 1.54) is 55.3 Å². The topological polar surface area (TPSA) is 40.5 Å². The first-order chi connectivity index (χ1) is 12.5. The normalized spacial score (nSPS) is 17.5. The van der Waals surface area contributed by atoms with Gasteiger partial charge in [-0.1, -0.05) is 6.92 Å². The number of aryl methyl sites for hydroxylation is 2. The number of benzene rings is 2. The van der Waals surface area contributed by atoms with Crippen LogP contribution in [-0.4, -0.2) is 17.6 Å². The van der Waals surface area contributed by atoms with Crippen LogP contribution in [0.25, 0.3) is 0 Å². The monoisotopic (exact) mass is 349 g/mol. The molecule has 4 rings (SSSR count). The van der Waals surface area contributed by atoms with E-state index in [-0.39, 0.29) is 0 Å². The van der Waals surface area contributed by atoms with Crippen molar-refractivity contribution in [1.82, 2.24) is 0 Å². The number of hydrogen-bond acceptors (Lipinski definition) is 2. The zero-order chi connectivity index (χ0) is 18.3. The van der Waals surface area contributed by atoms with Gasteiger partial charge in [0.2, 0.25) is 0 Å². The lowest BCUT2D eigenvalue weighted by Crippen LogP contribution is -2.32. The largest absolute Gasteiger partial charge is 0.478 e. The quantitative estimate of drug-likeness (QED) is 0.795. The van der Waals surface area contributed by atoms with E-state index in [0.717, 1.165) is 12.2 Å². The van der Waals surface area contributed by atoms with Gasteiger partial charge in [-0.25, -0.2) is 4.79 Å². The summed E-state index contributed by atoms with van der Waals surface area (Å²) >= 11 is 0. The van der Waals surface area contributed by atoms with E-state index >= 15 is 0 Å². The van der Waals surface area contributed by atoms with Crippen LogP contribution < -0.4 is 4.90 Å². The first-order valence-corrected chi connectivity index (χ1v) is 9.79. The van der Waals surface area contributed by atoms with Gasteiger partial charge in [0, 0.05) is 17.9 Å². The predicted octanol–water partition coefficient (Wildman–Crippen LogP) is 5.47. The zero-order valence-electron chi connectivity index (χ0n) is 15.7. The summed E-state index contributed by atoms with van der Waals surface area (Å²) in [4.78, 5) is 13.4. The molecule has 0 aromatic heterocycles. The summed E-state index contributed by atoms with van der Waals surface area (Å²) in [6, 6.07) is 12.0. The Morgan fingerprint density at radius 3 is 2.12 bits per heavy atom. The molecule has 0 heterocycles. The molecule has 0 atom stereocenters. The van der Waals surface area contributed by atoms with Crippen molar-refractivity contribution in [3.63, 3.8) is 0 Å². The van der Waals surface area contributed by atoms with Gasteiger partial charge in [0.1, 0.15) is 0 Å². The minimum absolute atomic E-state index is 0.334. The highest BCUT2D eigenvalue weighted by atomic mass is 16.4. The van der Waals surface area contributed by atoms with Crippen LogP contribution in [0, 0.1) is 0 Å². The van der Waals surface area contributed by atoms with Crippen LogP contribution in [0.1, 0.15) is 66.6 Å². The molecule has 0 aliphatic heterocycles. The highest BCUT2D eigenvalue weighted by Crippen LogP contribution is 2.47. The number of aromatic carboxylic acids is 1. The molecule has 0 spiro atoms. The van der Waals surface area contributed by atoms with Crippen molar-refractivity contribution >= 4 is 17.3 Å². The summed E-state index contributed by atoms with van der Waals surface area (Å²) in [6.45, 7) is 5.47. The van der Waals surface area contributed by atoms with Crippen LogP contribution >= 0.6 is 0 Å². The smallest absolute Gasteiger partial charge is 0.335 e. The van der Waals surface area contributed by atoms with Crippen LogP contribution in [0.2, 0.25) is 0 Å². The molecule has 0 amide bonds. The minimum atomic E-state index is -0.878. The van der Waals surface area contributed by atoms with Crippen molar-refractivity contribution in [1.29, 1.82) is 0 Å². The molecule has 2 aromatic carbocycles. The number of nitrogens with zero attached hydrogens (tertiary/aromatic N) is 1. The van der Waals surface area contributed by atoms with Crippen LogP contribution in [0.5, 0.6) is 0 Å². The molecule has 0 saturated heterocycles. The second kappa shape index (κ2) is 6.46. The van der Waals surface area contributed by atoms with Crippen molar-refractivity contribution < 1.29 is 9.90 Å². The average molecular weight is 349 g/mol. The SMILES string of the molecule is CCN(c1ccc(C(=O)O)cc1)c1cc2c3c(c1)CCCC3(C)CCC2. The third-order valence-corrected chi connectivity index (χ3v) is 6.29. The Bertz CT molecular complexity index is 807. The van der Waals surface area contributed by atoms with E-state index in [2.05, 4.69) is 30.9 Å². The van der Waals surface area contributed by atoms with Gasteiger partial charge in [-0.2, -0.15) is 0 Å². The molecule has 0 fully saturated rings. The molecular weight excluding hydrogens is 322 g/mol. The van der Waals surface area contributed by atoms with Gasteiger partial charge in [0.15, 0.2) is 0 Å². The predicted molar refractivity (Wildman–Crippen MR) is 106 cm³/mol. The second-order valence-electron chi connectivity index (χ2n) is 8.00. The Labute approximate surface area is 155 Å². The molecule has 3 nitrogen and oxygen atoms in total. The standard InChI is InChI=1S/C23H27NO2/c1-3-24(19-10-8-16(9-11-19)22(25)26)20-14-17-6-4-12-23(2)13-5-7-18(15-20)21(17)23/h8-11,14-15H,3-7,12-13H2,1-2H3,(H,25,26). The maximum Gasteiger partial charge on any atom is 0.335 e. The van der Waals surface area contributed by atoms with E-state index in [4.69, 9.17) is 5.11 Å². The molecule has 26 heavy (non-hydrogen) atoms. The number of rotatable bonds is 4. The second-order valence-corrected chi connectivity index (χ2v) is 8.00. The summed E-state index contributed by atoms with van der Waals surface area (Å²) in [6.07, 6.45) is 7.57. The molecule has 2 aromatic rings.